The predicted molar refractivity (Wildman–Crippen MR) is 78.9 cm³/mol. The highest BCUT2D eigenvalue weighted by molar-refractivity contribution is 5.48. The Bertz CT molecular complexity index is 202. The maximum absolute atomic E-state index is 10.1. The van der Waals surface area contributed by atoms with Gasteiger partial charge in [0, 0.05) is 19.3 Å². The molecule has 0 unspecified atom stereocenters. The summed E-state index contributed by atoms with van der Waals surface area (Å²) in [6.45, 7) is 2.18. The van der Waals surface area contributed by atoms with E-state index in [2.05, 4.69) is 6.92 Å². The first-order valence-electron chi connectivity index (χ1n) is 8.01. The second-order valence-corrected chi connectivity index (χ2v) is 5.62. The van der Waals surface area contributed by atoms with Crippen molar-refractivity contribution in [2.75, 3.05) is 0 Å². The van der Waals surface area contributed by atoms with Crippen LogP contribution in [0, 0.1) is 0 Å². The summed E-state index contributed by atoms with van der Waals surface area (Å²) in [5.74, 6) is -1.46. The van der Waals surface area contributed by atoms with Gasteiger partial charge in [-0.3, -0.25) is 0 Å². The van der Waals surface area contributed by atoms with Crippen LogP contribution in [0.2, 0.25) is 0 Å². The molecule has 0 aliphatic heterocycles. The number of carbonyl (C=O) groups excluding carboxylic acids is 1. The minimum absolute atomic E-state index is 0.481. The van der Waals surface area contributed by atoms with E-state index in [0.29, 0.717) is 19.3 Å². The average Bonchev–Trinajstić information content (AvgIpc) is 2.37. The van der Waals surface area contributed by atoms with E-state index in [9.17, 15) is 15.0 Å². The van der Waals surface area contributed by atoms with E-state index >= 15 is 0 Å². The van der Waals surface area contributed by atoms with Crippen LogP contribution < -0.4 is 0 Å². The van der Waals surface area contributed by atoms with Gasteiger partial charge in [0.2, 0.25) is 0 Å². The van der Waals surface area contributed by atoms with Crippen LogP contribution in [0.1, 0.15) is 90.4 Å². The highest BCUT2D eigenvalue weighted by Crippen LogP contribution is 2.20. The predicted octanol–water partition coefficient (Wildman–Crippen LogP) is 3.96. The zero-order valence-corrected chi connectivity index (χ0v) is 12.6. The van der Waals surface area contributed by atoms with Gasteiger partial charge < -0.3 is 15.0 Å². The van der Waals surface area contributed by atoms with Crippen molar-refractivity contribution < 1.29 is 15.0 Å². The van der Waals surface area contributed by atoms with Gasteiger partial charge in [0.25, 0.3) is 0 Å². The number of aldehydes is 1. The van der Waals surface area contributed by atoms with Gasteiger partial charge >= 0.3 is 0 Å². The molecule has 0 aliphatic carbocycles. The molecule has 19 heavy (non-hydrogen) atoms. The van der Waals surface area contributed by atoms with E-state index in [-0.39, 0.29) is 0 Å². The SMILES string of the molecule is CCCCCCCC(O)(O)CCCCCCCC=O. The molecule has 0 amide bonds. The molecule has 0 fully saturated rings. The van der Waals surface area contributed by atoms with Gasteiger partial charge in [0.05, 0.1) is 0 Å². The highest BCUT2D eigenvalue weighted by Gasteiger charge is 2.21. The summed E-state index contributed by atoms with van der Waals surface area (Å²) in [6, 6.07) is 0. The van der Waals surface area contributed by atoms with Crippen LogP contribution in [0.15, 0.2) is 0 Å². The lowest BCUT2D eigenvalue weighted by atomic mass is 9.99. The van der Waals surface area contributed by atoms with E-state index < -0.39 is 5.79 Å². The Morgan fingerprint density at radius 1 is 0.789 bits per heavy atom. The molecule has 0 radical (unpaired) electrons. The Morgan fingerprint density at radius 3 is 1.79 bits per heavy atom. The summed E-state index contributed by atoms with van der Waals surface area (Å²) < 4.78 is 0. The normalized spacial score (nSPS) is 11.7. The second kappa shape index (κ2) is 12.6. The molecular formula is C16H32O3. The summed E-state index contributed by atoms with van der Waals surface area (Å²) >= 11 is 0. The summed E-state index contributed by atoms with van der Waals surface area (Å²) in [4.78, 5) is 10.1. The minimum atomic E-state index is -1.46. The molecule has 0 aromatic heterocycles. The summed E-state index contributed by atoms with van der Waals surface area (Å²) in [6.07, 6.45) is 13.3. The lowest BCUT2D eigenvalue weighted by Crippen LogP contribution is -2.27. The quantitative estimate of drug-likeness (QED) is 0.286. The summed E-state index contributed by atoms with van der Waals surface area (Å²) in [5, 5.41) is 19.6. The summed E-state index contributed by atoms with van der Waals surface area (Å²) in [7, 11) is 0. The first-order valence-corrected chi connectivity index (χ1v) is 8.01. The molecule has 0 saturated heterocycles. The van der Waals surface area contributed by atoms with Gasteiger partial charge in [0.15, 0.2) is 5.79 Å². The lowest BCUT2D eigenvalue weighted by molar-refractivity contribution is -0.172. The van der Waals surface area contributed by atoms with E-state index in [1.165, 1.54) is 19.3 Å². The van der Waals surface area contributed by atoms with Gasteiger partial charge in [-0.2, -0.15) is 0 Å². The van der Waals surface area contributed by atoms with Crippen LogP contribution in [0.4, 0.5) is 0 Å². The van der Waals surface area contributed by atoms with Gasteiger partial charge in [-0.05, 0) is 19.3 Å². The molecule has 0 aromatic carbocycles. The fourth-order valence-corrected chi connectivity index (χ4v) is 2.30. The smallest absolute Gasteiger partial charge is 0.162 e. The zero-order valence-electron chi connectivity index (χ0n) is 12.6. The van der Waals surface area contributed by atoms with Gasteiger partial charge in [-0.1, -0.05) is 51.9 Å². The third kappa shape index (κ3) is 13.8. The van der Waals surface area contributed by atoms with Crippen LogP contribution in [0.3, 0.4) is 0 Å². The molecule has 114 valence electrons. The van der Waals surface area contributed by atoms with Crippen molar-refractivity contribution in [1.29, 1.82) is 0 Å². The topological polar surface area (TPSA) is 57.5 Å². The van der Waals surface area contributed by atoms with Crippen LogP contribution in [0.25, 0.3) is 0 Å². The van der Waals surface area contributed by atoms with E-state index in [1.807, 2.05) is 0 Å². The molecule has 0 rings (SSSR count). The van der Waals surface area contributed by atoms with Crippen molar-refractivity contribution in [3.63, 3.8) is 0 Å². The van der Waals surface area contributed by atoms with E-state index in [4.69, 9.17) is 0 Å². The number of aliphatic hydroxyl groups is 2. The van der Waals surface area contributed by atoms with Crippen molar-refractivity contribution >= 4 is 6.29 Å². The monoisotopic (exact) mass is 272 g/mol. The number of rotatable bonds is 14. The van der Waals surface area contributed by atoms with Crippen molar-refractivity contribution in [3.05, 3.63) is 0 Å². The fourth-order valence-electron chi connectivity index (χ4n) is 2.30. The Morgan fingerprint density at radius 2 is 1.26 bits per heavy atom. The molecular weight excluding hydrogens is 240 g/mol. The highest BCUT2D eigenvalue weighted by atomic mass is 16.5. The lowest BCUT2D eigenvalue weighted by Gasteiger charge is -2.21. The first kappa shape index (κ1) is 18.6. The van der Waals surface area contributed by atoms with E-state index in [1.54, 1.807) is 0 Å². The largest absolute Gasteiger partial charge is 0.366 e. The van der Waals surface area contributed by atoms with E-state index in [0.717, 1.165) is 51.2 Å². The molecule has 0 aliphatic rings. The van der Waals surface area contributed by atoms with Crippen LogP contribution in [0.5, 0.6) is 0 Å². The van der Waals surface area contributed by atoms with Gasteiger partial charge in [-0.15, -0.1) is 0 Å². The Labute approximate surface area is 118 Å². The molecule has 0 atom stereocenters. The molecule has 3 heteroatoms. The molecule has 3 nitrogen and oxygen atoms in total. The third-order valence-corrected chi connectivity index (χ3v) is 3.58. The molecule has 0 heterocycles. The van der Waals surface area contributed by atoms with Crippen molar-refractivity contribution in [1.82, 2.24) is 0 Å². The molecule has 0 bridgehead atoms. The standard InChI is InChI=1S/C16H32O3/c1-2-3-4-7-10-13-16(18,19)14-11-8-5-6-9-12-15-17/h15,18-19H,2-14H2,1H3. The van der Waals surface area contributed by atoms with Crippen molar-refractivity contribution in [3.8, 4) is 0 Å². The van der Waals surface area contributed by atoms with Gasteiger partial charge in [0.1, 0.15) is 6.29 Å². The summed E-state index contributed by atoms with van der Waals surface area (Å²) in [5.41, 5.74) is 0. The maximum Gasteiger partial charge on any atom is 0.162 e. The van der Waals surface area contributed by atoms with Crippen LogP contribution >= 0.6 is 0 Å². The van der Waals surface area contributed by atoms with Crippen molar-refractivity contribution in [2.45, 2.75) is 96.2 Å². The third-order valence-electron chi connectivity index (χ3n) is 3.58. The molecule has 0 saturated carbocycles. The number of unbranched alkanes of at least 4 members (excludes halogenated alkanes) is 9. The maximum atomic E-state index is 10.1. The van der Waals surface area contributed by atoms with Gasteiger partial charge in [-0.25, -0.2) is 0 Å². The Kier molecular flexibility index (Phi) is 12.3. The number of hydrogen-bond donors (Lipinski definition) is 2. The van der Waals surface area contributed by atoms with Crippen LogP contribution in [-0.4, -0.2) is 22.3 Å². The Hall–Kier alpha value is -0.410. The minimum Gasteiger partial charge on any atom is -0.366 e. The zero-order chi connectivity index (χ0) is 14.4. The first-order chi connectivity index (χ1) is 9.12. The van der Waals surface area contributed by atoms with Crippen molar-refractivity contribution in [2.24, 2.45) is 0 Å². The Balaban J connectivity index is 3.37. The molecule has 0 aromatic rings. The van der Waals surface area contributed by atoms with Crippen LogP contribution in [-0.2, 0) is 4.79 Å². The second-order valence-electron chi connectivity index (χ2n) is 5.62. The average molecular weight is 272 g/mol. The molecule has 2 N–H and O–H groups in total. The fraction of sp³-hybridized carbons (Fsp3) is 0.938. The number of hydrogen-bond acceptors (Lipinski definition) is 3. The molecule has 0 spiro atoms. The number of carbonyl (C=O) groups is 1.